The van der Waals surface area contributed by atoms with E-state index in [1.165, 1.54) is 12.1 Å². The lowest BCUT2D eigenvalue weighted by molar-refractivity contribution is -0.137. The summed E-state index contributed by atoms with van der Waals surface area (Å²) in [5, 5.41) is 21.3. The number of nitrogens with zero attached hydrogens (tertiary/aromatic N) is 1. The van der Waals surface area contributed by atoms with Crippen LogP contribution in [0.2, 0.25) is 0 Å². The van der Waals surface area contributed by atoms with Crippen molar-refractivity contribution >= 4 is 5.97 Å². The van der Waals surface area contributed by atoms with Crippen LogP contribution in [0.1, 0.15) is 40.7 Å². The smallest absolute Gasteiger partial charge is 0.303 e. The van der Waals surface area contributed by atoms with E-state index in [9.17, 15) is 9.18 Å². The van der Waals surface area contributed by atoms with Gasteiger partial charge in [0.05, 0.1) is 5.56 Å². The van der Waals surface area contributed by atoms with Crippen LogP contribution in [0.15, 0.2) is 84.9 Å². The highest BCUT2D eigenvalue weighted by Crippen LogP contribution is 2.29. The Morgan fingerprint density at radius 2 is 1.77 bits per heavy atom. The molecule has 40 heavy (non-hydrogen) atoms. The highest BCUT2D eigenvalue weighted by atomic mass is 19.1. The molecule has 0 radical (unpaired) electrons. The predicted molar refractivity (Wildman–Crippen MR) is 151 cm³/mol. The maximum Gasteiger partial charge on any atom is 0.303 e. The summed E-state index contributed by atoms with van der Waals surface area (Å²) in [6.07, 6.45) is 0.612. The standard InChI is InChI=1S/C33H31FN2O4/c1-23-27(9-5-10-30(23)25-7-3-2-4-8-25)22-39-29-14-13-26(20-36-16-6-11-33(37)38)32(18-29)40-21-24-12-15-31(34)28(17-24)19-35/h2-5,7-10,12-15,17-18,36H,6,11,16,20-22H2,1H3,(H,37,38). The lowest BCUT2D eigenvalue weighted by atomic mass is 9.97. The minimum absolute atomic E-state index is 0.0355. The van der Waals surface area contributed by atoms with Gasteiger partial charge in [-0.2, -0.15) is 5.26 Å². The number of halogens is 1. The van der Waals surface area contributed by atoms with Crippen LogP contribution in [0.4, 0.5) is 4.39 Å². The molecule has 4 aromatic rings. The van der Waals surface area contributed by atoms with Crippen molar-refractivity contribution in [2.75, 3.05) is 6.54 Å². The summed E-state index contributed by atoms with van der Waals surface area (Å²) >= 11 is 0. The number of nitriles is 1. The van der Waals surface area contributed by atoms with Gasteiger partial charge in [0.15, 0.2) is 0 Å². The molecule has 4 rings (SSSR count). The summed E-state index contributed by atoms with van der Waals surface area (Å²) in [7, 11) is 0. The minimum atomic E-state index is -0.826. The normalized spacial score (nSPS) is 10.6. The molecule has 0 aliphatic rings. The lowest BCUT2D eigenvalue weighted by Crippen LogP contribution is -2.16. The van der Waals surface area contributed by atoms with Gasteiger partial charge in [0.1, 0.15) is 36.6 Å². The maximum absolute atomic E-state index is 13.8. The van der Waals surface area contributed by atoms with E-state index in [0.717, 1.165) is 27.8 Å². The average molecular weight is 539 g/mol. The first-order chi connectivity index (χ1) is 19.4. The molecule has 0 bridgehead atoms. The van der Waals surface area contributed by atoms with Gasteiger partial charge < -0.3 is 19.9 Å². The first kappa shape index (κ1) is 28.3. The van der Waals surface area contributed by atoms with Crippen molar-refractivity contribution in [3.63, 3.8) is 0 Å². The number of benzene rings is 4. The molecule has 0 aliphatic heterocycles. The van der Waals surface area contributed by atoms with Crippen LogP contribution in [-0.2, 0) is 24.6 Å². The Morgan fingerprint density at radius 1 is 0.950 bits per heavy atom. The van der Waals surface area contributed by atoms with Gasteiger partial charge in [0.25, 0.3) is 0 Å². The van der Waals surface area contributed by atoms with Gasteiger partial charge >= 0.3 is 5.97 Å². The molecule has 0 unspecified atom stereocenters. The van der Waals surface area contributed by atoms with E-state index in [1.54, 1.807) is 6.07 Å². The molecule has 0 aromatic heterocycles. The number of carboxylic acids is 1. The molecule has 204 valence electrons. The second kappa shape index (κ2) is 13.9. The molecule has 0 saturated carbocycles. The molecular weight excluding hydrogens is 507 g/mol. The SMILES string of the molecule is Cc1c(COc2ccc(CNCCCC(=O)O)c(OCc3ccc(F)c(C#N)c3)c2)cccc1-c1ccccc1. The first-order valence-electron chi connectivity index (χ1n) is 13.1. The largest absolute Gasteiger partial charge is 0.489 e. The highest BCUT2D eigenvalue weighted by Gasteiger charge is 2.11. The van der Waals surface area contributed by atoms with Crippen molar-refractivity contribution in [1.29, 1.82) is 5.26 Å². The van der Waals surface area contributed by atoms with Crippen molar-refractivity contribution in [1.82, 2.24) is 5.32 Å². The van der Waals surface area contributed by atoms with Gasteiger partial charge in [-0.25, -0.2) is 4.39 Å². The molecule has 0 heterocycles. The predicted octanol–water partition coefficient (Wildman–Crippen LogP) is 6.79. The van der Waals surface area contributed by atoms with Crippen LogP contribution in [0.5, 0.6) is 11.5 Å². The number of carbonyl (C=O) groups is 1. The maximum atomic E-state index is 13.8. The van der Waals surface area contributed by atoms with Gasteiger partial charge in [0.2, 0.25) is 0 Å². The summed E-state index contributed by atoms with van der Waals surface area (Å²) in [4.78, 5) is 10.8. The zero-order chi connectivity index (χ0) is 28.3. The van der Waals surface area contributed by atoms with E-state index < -0.39 is 11.8 Å². The summed E-state index contributed by atoms with van der Waals surface area (Å²) in [5.74, 6) is -0.181. The van der Waals surface area contributed by atoms with Gasteiger partial charge in [-0.15, -0.1) is 0 Å². The summed E-state index contributed by atoms with van der Waals surface area (Å²) < 4.78 is 26.0. The fourth-order valence-electron chi connectivity index (χ4n) is 4.33. The Morgan fingerprint density at radius 3 is 2.55 bits per heavy atom. The van der Waals surface area contributed by atoms with E-state index in [1.807, 2.05) is 48.5 Å². The third kappa shape index (κ3) is 7.68. The quantitative estimate of drug-likeness (QED) is 0.182. The van der Waals surface area contributed by atoms with Crippen LogP contribution >= 0.6 is 0 Å². The van der Waals surface area contributed by atoms with Gasteiger partial charge in [-0.05, 0) is 65.9 Å². The molecule has 0 fully saturated rings. The molecule has 0 saturated heterocycles. The van der Waals surface area contributed by atoms with Crippen molar-refractivity contribution in [2.45, 2.75) is 39.5 Å². The van der Waals surface area contributed by atoms with Crippen molar-refractivity contribution in [2.24, 2.45) is 0 Å². The third-order valence-corrected chi connectivity index (χ3v) is 6.57. The number of nitrogens with one attached hydrogen (secondary N) is 1. The summed E-state index contributed by atoms with van der Waals surface area (Å²) in [6, 6.07) is 28.2. The van der Waals surface area contributed by atoms with Crippen molar-refractivity contribution in [3.05, 3.63) is 119 Å². The zero-order valence-electron chi connectivity index (χ0n) is 22.3. The van der Waals surface area contributed by atoms with E-state index >= 15 is 0 Å². The molecule has 0 aliphatic carbocycles. The number of ether oxygens (including phenoxy) is 2. The highest BCUT2D eigenvalue weighted by molar-refractivity contribution is 5.68. The molecule has 0 atom stereocenters. The van der Waals surface area contributed by atoms with Crippen molar-refractivity contribution < 1.29 is 23.8 Å². The molecule has 0 spiro atoms. The topological polar surface area (TPSA) is 91.6 Å². The second-order valence-electron chi connectivity index (χ2n) is 9.40. The number of rotatable bonds is 13. The Labute approximate surface area is 233 Å². The number of hydrogen-bond donors (Lipinski definition) is 2. The second-order valence-corrected chi connectivity index (χ2v) is 9.40. The molecule has 2 N–H and O–H groups in total. The fraction of sp³-hybridized carbons (Fsp3) is 0.212. The fourth-order valence-corrected chi connectivity index (χ4v) is 4.33. The van der Waals surface area contributed by atoms with Gasteiger partial charge in [0, 0.05) is 24.6 Å². The Kier molecular flexibility index (Phi) is 9.87. The molecule has 4 aromatic carbocycles. The first-order valence-corrected chi connectivity index (χ1v) is 13.1. The molecule has 0 amide bonds. The Hall–Kier alpha value is -4.67. The lowest BCUT2D eigenvalue weighted by Gasteiger charge is -2.16. The molecular formula is C33H31FN2O4. The van der Waals surface area contributed by atoms with Gasteiger partial charge in [-0.3, -0.25) is 4.79 Å². The van der Waals surface area contributed by atoms with E-state index in [-0.39, 0.29) is 18.6 Å². The Balaban J connectivity index is 1.49. The number of aliphatic carboxylic acids is 1. The van der Waals surface area contributed by atoms with E-state index in [4.69, 9.17) is 19.8 Å². The van der Waals surface area contributed by atoms with Gasteiger partial charge in [-0.1, -0.05) is 60.7 Å². The van der Waals surface area contributed by atoms with Crippen molar-refractivity contribution in [3.8, 4) is 28.7 Å². The monoisotopic (exact) mass is 538 g/mol. The van der Waals surface area contributed by atoms with Crippen LogP contribution < -0.4 is 14.8 Å². The molecule has 6 nitrogen and oxygen atoms in total. The minimum Gasteiger partial charge on any atom is -0.489 e. The van der Waals surface area contributed by atoms with Crippen LogP contribution in [0.3, 0.4) is 0 Å². The number of carboxylic acid groups (broad SMARTS) is 1. The average Bonchev–Trinajstić information content (AvgIpc) is 2.97. The van der Waals surface area contributed by atoms with E-state index in [0.29, 0.717) is 43.2 Å². The van der Waals surface area contributed by atoms with Crippen LogP contribution in [-0.4, -0.2) is 17.6 Å². The van der Waals surface area contributed by atoms with Crippen LogP contribution in [0, 0.1) is 24.1 Å². The third-order valence-electron chi connectivity index (χ3n) is 6.57. The molecule has 7 heteroatoms. The number of hydrogen-bond acceptors (Lipinski definition) is 5. The zero-order valence-corrected chi connectivity index (χ0v) is 22.3. The Bertz CT molecular complexity index is 1500. The summed E-state index contributed by atoms with van der Waals surface area (Å²) in [6.45, 7) is 3.63. The van der Waals surface area contributed by atoms with Crippen LogP contribution in [0.25, 0.3) is 11.1 Å². The van der Waals surface area contributed by atoms with E-state index in [2.05, 4.69) is 36.5 Å². The summed E-state index contributed by atoms with van der Waals surface area (Å²) in [5.41, 5.74) is 6.03.